The summed E-state index contributed by atoms with van der Waals surface area (Å²) in [5.74, 6) is 0. The van der Waals surface area contributed by atoms with Gasteiger partial charge >= 0.3 is 0 Å². The zero-order valence-corrected chi connectivity index (χ0v) is 12.9. The van der Waals surface area contributed by atoms with Gasteiger partial charge in [-0.15, -0.1) is 0 Å². The Morgan fingerprint density at radius 2 is 2.00 bits per heavy atom. The highest BCUT2D eigenvalue weighted by molar-refractivity contribution is 5.14. The van der Waals surface area contributed by atoms with Gasteiger partial charge in [0.25, 0.3) is 0 Å². The van der Waals surface area contributed by atoms with Crippen LogP contribution in [0.4, 0.5) is 0 Å². The van der Waals surface area contributed by atoms with Crippen LogP contribution in [0.3, 0.4) is 0 Å². The highest BCUT2D eigenvalue weighted by atomic mass is 15.1. The Bertz CT molecular complexity index is 250. The molecule has 0 aromatic heterocycles. The van der Waals surface area contributed by atoms with E-state index in [4.69, 9.17) is 0 Å². The molecule has 0 fully saturated rings. The summed E-state index contributed by atoms with van der Waals surface area (Å²) in [7, 11) is 0. The first-order valence-electron chi connectivity index (χ1n) is 7.66. The molecule has 0 saturated heterocycles. The molecule has 0 saturated carbocycles. The summed E-state index contributed by atoms with van der Waals surface area (Å²) in [5, 5.41) is 3.47. The van der Waals surface area contributed by atoms with Gasteiger partial charge in [-0.2, -0.15) is 0 Å². The molecule has 0 aliphatic carbocycles. The van der Waals surface area contributed by atoms with Crippen molar-refractivity contribution in [2.75, 3.05) is 32.7 Å². The van der Waals surface area contributed by atoms with Crippen LogP contribution in [-0.2, 0) is 0 Å². The van der Waals surface area contributed by atoms with Gasteiger partial charge in [0.1, 0.15) is 0 Å². The summed E-state index contributed by atoms with van der Waals surface area (Å²) in [4.78, 5) is 2.59. The molecule has 1 heterocycles. The van der Waals surface area contributed by atoms with E-state index in [1.54, 1.807) is 5.57 Å². The van der Waals surface area contributed by atoms with Crippen LogP contribution in [0.25, 0.3) is 0 Å². The molecule has 0 bridgehead atoms. The van der Waals surface area contributed by atoms with Crippen molar-refractivity contribution < 1.29 is 0 Å². The van der Waals surface area contributed by atoms with Gasteiger partial charge in [-0.3, -0.25) is 4.90 Å². The number of rotatable bonds is 7. The smallest absolute Gasteiger partial charge is 0.0166 e. The molecule has 1 rings (SSSR count). The zero-order chi connectivity index (χ0) is 13.4. The molecule has 2 nitrogen and oxygen atoms in total. The fraction of sp³-hybridized carbons (Fsp3) is 0.875. The van der Waals surface area contributed by atoms with Crippen LogP contribution in [0.15, 0.2) is 11.6 Å². The minimum absolute atomic E-state index is 0.371. The van der Waals surface area contributed by atoms with Gasteiger partial charge in [0, 0.05) is 13.1 Å². The number of unbranched alkanes of at least 4 members (excludes halogenated alkanes) is 1. The molecule has 0 aromatic carbocycles. The number of hydrogen-bond acceptors (Lipinski definition) is 2. The first-order valence-corrected chi connectivity index (χ1v) is 7.66. The number of nitrogens with zero attached hydrogens (tertiary/aromatic N) is 1. The molecule has 1 aliphatic heterocycles. The van der Waals surface area contributed by atoms with E-state index >= 15 is 0 Å². The first kappa shape index (κ1) is 15.7. The van der Waals surface area contributed by atoms with Gasteiger partial charge in [0.2, 0.25) is 0 Å². The van der Waals surface area contributed by atoms with Crippen molar-refractivity contribution in [3.05, 3.63) is 11.6 Å². The van der Waals surface area contributed by atoms with Crippen molar-refractivity contribution in [3.8, 4) is 0 Å². The Balaban J connectivity index is 2.11. The second-order valence-electron chi connectivity index (χ2n) is 6.49. The van der Waals surface area contributed by atoms with Crippen LogP contribution in [0.1, 0.15) is 53.4 Å². The molecule has 2 heteroatoms. The fourth-order valence-corrected chi connectivity index (χ4v) is 2.48. The monoisotopic (exact) mass is 252 g/mol. The summed E-state index contributed by atoms with van der Waals surface area (Å²) in [6.07, 6.45) is 7.60. The molecule has 1 aliphatic rings. The maximum Gasteiger partial charge on any atom is 0.0166 e. The summed E-state index contributed by atoms with van der Waals surface area (Å²) in [6, 6.07) is 0. The van der Waals surface area contributed by atoms with Crippen LogP contribution in [0, 0.1) is 5.41 Å². The zero-order valence-electron chi connectivity index (χ0n) is 12.9. The van der Waals surface area contributed by atoms with Crippen LogP contribution < -0.4 is 5.32 Å². The van der Waals surface area contributed by atoms with E-state index in [0.717, 1.165) is 6.54 Å². The second-order valence-corrected chi connectivity index (χ2v) is 6.49. The van der Waals surface area contributed by atoms with E-state index in [-0.39, 0.29) is 0 Å². The Kier molecular flexibility index (Phi) is 6.95. The third kappa shape index (κ3) is 6.01. The van der Waals surface area contributed by atoms with E-state index in [9.17, 15) is 0 Å². The van der Waals surface area contributed by atoms with Gasteiger partial charge < -0.3 is 5.32 Å². The van der Waals surface area contributed by atoms with Crippen molar-refractivity contribution in [1.29, 1.82) is 0 Å². The molecular weight excluding hydrogens is 220 g/mol. The predicted octanol–water partition coefficient (Wildman–Crippen LogP) is 3.44. The standard InChI is InChI=1S/C16H32N2/c1-5-10-17-11-6-7-12-18-13-8-15(9-14-18)16(2,3)4/h8,17H,5-7,9-14H2,1-4H3. The number of nitrogens with one attached hydrogen (secondary N) is 1. The van der Waals surface area contributed by atoms with E-state index < -0.39 is 0 Å². The first-order chi connectivity index (χ1) is 8.54. The summed E-state index contributed by atoms with van der Waals surface area (Å²) < 4.78 is 0. The summed E-state index contributed by atoms with van der Waals surface area (Å²) >= 11 is 0. The lowest BCUT2D eigenvalue weighted by Crippen LogP contribution is -2.32. The van der Waals surface area contributed by atoms with Crippen molar-refractivity contribution in [2.24, 2.45) is 5.41 Å². The lowest BCUT2D eigenvalue weighted by molar-refractivity contribution is 0.273. The average molecular weight is 252 g/mol. The molecule has 0 radical (unpaired) electrons. The van der Waals surface area contributed by atoms with Crippen molar-refractivity contribution in [1.82, 2.24) is 10.2 Å². The highest BCUT2D eigenvalue weighted by Gasteiger charge is 2.20. The van der Waals surface area contributed by atoms with E-state index in [1.807, 2.05) is 0 Å². The average Bonchev–Trinajstić information content (AvgIpc) is 2.33. The van der Waals surface area contributed by atoms with Gasteiger partial charge in [0.15, 0.2) is 0 Å². The summed E-state index contributed by atoms with van der Waals surface area (Å²) in [6.45, 7) is 15.2. The Hall–Kier alpha value is -0.340. The molecule has 0 aromatic rings. The minimum atomic E-state index is 0.371. The third-order valence-corrected chi connectivity index (χ3v) is 3.76. The quantitative estimate of drug-likeness (QED) is 0.551. The van der Waals surface area contributed by atoms with Crippen LogP contribution in [0.5, 0.6) is 0 Å². The van der Waals surface area contributed by atoms with Crippen molar-refractivity contribution >= 4 is 0 Å². The predicted molar refractivity (Wildman–Crippen MR) is 81.0 cm³/mol. The van der Waals surface area contributed by atoms with Crippen LogP contribution >= 0.6 is 0 Å². The normalized spacial score (nSPS) is 17.9. The molecule has 0 amide bonds. The Morgan fingerprint density at radius 1 is 1.22 bits per heavy atom. The lowest BCUT2D eigenvalue weighted by atomic mass is 9.83. The maximum atomic E-state index is 3.47. The topological polar surface area (TPSA) is 15.3 Å². The molecule has 0 spiro atoms. The molecule has 0 unspecified atom stereocenters. The largest absolute Gasteiger partial charge is 0.317 e. The SMILES string of the molecule is CCCNCCCCN1CC=C(C(C)(C)C)CC1. The van der Waals surface area contributed by atoms with Gasteiger partial charge in [0.05, 0.1) is 0 Å². The van der Waals surface area contributed by atoms with E-state index in [1.165, 1.54) is 51.9 Å². The van der Waals surface area contributed by atoms with Crippen LogP contribution in [-0.4, -0.2) is 37.6 Å². The van der Waals surface area contributed by atoms with Gasteiger partial charge in [-0.05, 0) is 50.7 Å². The molecule has 0 atom stereocenters. The fourth-order valence-electron chi connectivity index (χ4n) is 2.48. The molecular formula is C16H32N2. The highest BCUT2D eigenvalue weighted by Crippen LogP contribution is 2.29. The van der Waals surface area contributed by atoms with E-state index in [0.29, 0.717) is 5.41 Å². The third-order valence-electron chi connectivity index (χ3n) is 3.76. The van der Waals surface area contributed by atoms with Crippen LogP contribution in [0.2, 0.25) is 0 Å². The summed E-state index contributed by atoms with van der Waals surface area (Å²) in [5.41, 5.74) is 2.01. The lowest BCUT2D eigenvalue weighted by Gasteiger charge is -2.32. The Morgan fingerprint density at radius 3 is 2.56 bits per heavy atom. The van der Waals surface area contributed by atoms with Gasteiger partial charge in [-0.1, -0.05) is 39.3 Å². The van der Waals surface area contributed by atoms with Crippen molar-refractivity contribution in [3.63, 3.8) is 0 Å². The minimum Gasteiger partial charge on any atom is -0.317 e. The molecule has 18 heavy (non-hydrogen) atoms. The van der Waals surface area contributed by atoms with E-state index in [2.05, 4.69) is 44.0 Å². The number of hydrogen-bond donors (Lipinski definition) is 1. The van der Waals surface area contributed by atoms with Gasteiger partial charge in [-0.25, -0.2) is 0 Å². The maximum absolute atomic E-state index is 3.47. The van der Waals surface area contributed by atoms with Crippen molar-refractivity contribution in [2.45, 2.75) is 53.4 Å². The molecule has 1 N–H and O–H groups in total. The second kappa shape index (κ2) is 7.96. The molecule has 106 valence electrons. The Labute approximate surface area is 114 Å².